The number of carbonyl (C=O) groups excluding carboxylic acids is 1. The van der Waals surface area contributed by atoms with Gasteiger partial charge in [0.1, 0.15) is 11.5 Å². The maximum absolute atomic E-state index is 12.5. The lowest BCUT2D eigenvalue weighted by atomic mass is 10.1. The molecule has 0 aliphatic carbocycles. The minimum Gasteiger partial charge on any atom is -0.496 e. The Labute approximate surface area is 116 Å². The molecule has 0 saturated carbocycles. The van der Waals surface area contributed by atoms with E-state index in [9.17, 15) is 4.79 Å². The zero-order chi connectivity index (χ0) is 13.8. The molecule has 100 valence electrons. The highest BCUT2D eigenvalue weighted by molar-refractivity contribution is 7.12. The Morgan fingerprint density at radius 1 is 1.26 bits per heavy atom. The van der Waals surface area contributed by atoms with Crippen molar-refractivity contribution in [2.45, 2.75) is 20.0 Å². The lowest BCUT2D eigenvalue weighted by Crippen LogP contribution is -2.10. The van der Waals surface area contributed by atoms with E-state index in [2.05, 4.69) is 0 Å². The van der Waals surface area contributed by atoms with Crippen molar-refractivity contribution in [3.63, 3.8) is 0 Å². The van der Waals surface area contributed by atoms with Crippen molar-refractivity contribution in [3.8, 4) is 11.5 Å². The van der Waals surface area contributed by atoms with Crippen LogP contribution >= 0.6 is 11.3 Å². The lowest BCUT2D eigenvalue weighted by molar-refractivity contribution is 0.103. The standard InChI is InChI=1S/C15H16O3S/c1-10(2)18-13-7-5-4-6-12(13)15(16)14-8-11(17-3)9-19-14/h4-10H,1-3H3. The molecule has 0 spiro atoms. The molecule has 19 heavy (non-hydrogen) atoms. The van der Waals surface area contributed by atoms with Crippen LogP contribution in [0, 0.1) is 0 Å². The van der Waals surface area contributed by atoms with E-state index in [4.69, 9.17) is 9.47 Å². The molecule has 0 atom stereocenters. The van der Waals surface area contributed by atoms with Crippen LogP contribution in [-0.2, 0) is 0 Å². The van der Waals surface area contributed by atoms with E-state index in [0.29, 0.717) is 21.9 Å². The summed E-state index contributed by atoms with van der Waals surface area (Å²) in [5.74, 6) is 1.29. The smallest absolute Gasteiger partial charge is 0.206 e. The second-order valence-electron chi connectivity index (χ2n) is 4.34. The fourth-order valence-corrected chi connectivity index (χ4v) is 2.50. The number of methoxy groups -OCH3 is 1. The predicted octanol–water partition coefficient (Wildman–Crippen LogP) is 3.77. The molecule has 1 aromatic heterocycles. The molecule has 1 heterocycles. The Hall–Kier alpha value is -1.81. The molecule has 4 heteroatoms. The first-order valence-electron chi connectivity index (χ1n) is 6.04. The maximum Gasteiger partial charge on any atom is 0.206 e. The van der Waals surface area contributed by atoms with Crippen molar-refractivity contribution in [2.75, 3.05) is 7.11 Å². The molecule has 0 unspecified atom stereocenters. The van der Waals surface area contributed by atoms with Gasteiger partial charge in [-0.2, -0.15) is 0 Å². The molecule has 0 bridgehead atoms. The zero-order valence-electron chi connectivity index (χ0n) is 11.2. The van der Waals surface area contributed by atoms with E-state index in [0.717, 1.165) is 0 Å². The molecule has 0 radical (unpaired) electrons. The van der Waals surface area contributed by atoms with E-state index >= 15 is 0 Å². The largest absolute Gasteiger partial charge is 0.496 e. The average molecular weight is 276 g/mol. The van der Waals surface area contributed by atoms with Crippen molar-refractivity contribution >= 4 is 17.1 Å². The number of thiophene rings is 1. The summed E-state index contributed by atoms with van der Waals surface area (Å²) in [7, 11) is 1.59. The van der Waals surface area contributed by atoms with Gasteiger partial charge in [0.05, 0.1) is 23.7 Å². The molecular weight excluding hydrogens is 260 g/mol. The Morgan fingerprint density at radius 2 is 2.00 bits per heavy atom. The summed E-state index contributed by atoms with van der Waals surface area (Å²) < 4.78 is 10.8. The third kappa shape index (κ3) is 3.15. The van der Waals surface area contributed by atoms with Crippen molar-refractivity contribution in [3.05, 3.63) is 46.2 Å². The number of hydrogen-bond acceptors (Lipinski definition) is 4. The van der Waals surface area contributed by atoms with Gasteiger partial charge in [-0.3, -0.25) is 4.79 Å². The van der Waals surface area contributed by atoms with Crippen LogP contribution in [0.5, 0.6) is 11.5 Å². The van der Waals surface area contributed by atoms with Gasteiger partial charge in [-0.15, -0.1) is 11.3 Å². The number of ether oxygens (including phenoxy) is 2. The van der Waals surface area contributed by atoms with Gasteiger partial charge >= 0.3 is 0 Å². The summed E-state index contributed by atoms with van der Waals surface area (Å²) in [5, 5.41) is 1.82. The van der Waals surface area contributed by atoms with Crippen molar-refractivity contribution in [2.24, 2.45) is 0 Å². The van der Waals surface area contributed by atoms with E-state index in [-0.39, 0.29) is 11.9 Å². The Kier molecular flexibility index (Phi) is 4.22. The predicted molar refractivity (Wildman–Crippen MR) is 76.5 cm³/mol. The molecule has 0 N–H and O–H groups in total. The van der Waals surface area contributed by atoms with Crippen LogP contribution in [0.1, 0.15) is 29.1 Å². The van der Waals surface area contributed by atoms with Gasteiger partial charge in [-0.05, 0) is 26.0 Å². The molecule has 0 aliphatic rings. The van der Waals surface area contributed by atoms with Crippen LogP contribution in [-0.4, -0.2) is 19.0 Å². The zero-order valence-corrected chi connectivity index (χ0v) is 12.0. The van der Waals surface area contributed by atoms with Gasteiger partial charge in [0, 0.05) is 11.4 Å². The lowest BCUT2D eigenvalue weighted by Gasteiger charge is -2.12. The van der Waals surface area contributed by atoms with Crippen LogP contribution in [0.3, 0.4) is 0 Å². The van der Waals surface area contributed by atoms with Crippen LogP contribution in [0.4, 0.5) is 0 Å². The summed E-state index contributed by atoms with van der Waals surface area (Å²) in [6, 6.07) is 9.05. The van der Waals surface area contributed by atoms with Crippen molar-refractivity contribution in [1.82, 2.24) is 0 Å². The maximum atomic E-state index is 12.5. The number of para-hydroxylation sites is 1. The number of benzene rings is 1. The minimum atomic E-state index is -0.0375. The second-order valence-corrected chi connectivity index (χ2v) is 5.25. The van der Waals surface area contributed by atoms with Gasteiger partial charge in [0.15, 0.2) is 0 Å². The average Bonchev–Trinajstić information content (AvgIpc) is 2.86. The summed E-state index contributed by atoms with van der Waals surface area (Å²) >= 11 is 1.37. The van der Waals surface area contributed by atoms with Crippen molar-refractivity contribution < 1.29 is 14.3 Å². The van der Waals surface area contributed by atoms with Crippen LogP contribution < -0.4 is 9.47 Å². The molecule has 0 aliphatic heterocycles. The molecule has 2 aromatic rings. The second kappa shape index (κ2) is 5.89. The van der Waals surface area contributed by atoms with Gasteiger partial charge < -0.3 is 9.47 Å². The molecule has 0 amide bonds. The molecule has 2 rings (SSSR count). The Morgan fingerprint density at radius 3 is 2.63 bits per heavy atom. The van der Waals surface area contributed by atoms with Gasteiger partial charge in [0.25, 0.3) is 0 Å². The molecular formula is C15H16O3S. The molecule has 0 fully saturated rings. The summed E-state index contributed by atoms with van der Waals surface area (Å²) in [6.45, 7) is 3.88. The van der Waals surface area contributed by atoms with Crippen LogP contribution in [0.25, 0.3) is 0 Å². The van der Waals surface area contributed by atoms with Crippen LogP contribution in [0.2, 0.25) is 0 Å². The van der Waals surface area contributed by atoms with Gasteiger partial charge in [0.2, 0.25) is 5.78 Å². The number of rotatable bonds is 5. The third-order valence-electron chi connectivity index (χ3n) is 2.53. The third-order valence-corrected chi connectivity index (χ3v) is 3.44. The highest BCUT2D eigenvalue weighted by atomic mass is 32.1. The SMILES string of the molecule is COc1csc(C(=O)c2ccccc2OC(C)C)c1. The number of ketones is 1. The van der Waals surface area contributed by atoms with Crippen molar-refractivity contribution in [1.29, 1.82) is 0 Å². The van der Waals surface area contributed by atoms with E-state index in [1.54, 1.807) is 19.2 Å². The first-order chi connectivity index (χ1) is 9.11. The first kappa shape index (κ1) is 13.6. The molecule has 3 nitrogen and oxygen atoms in total. The normalized spacial score (nSPS) is 10.5. The highest BCUT2D eigenvalue weighted by Gasteiger charge is 2.17. The topological polar surface area (TPSA) is 35.5 Å². The number of carbonyl (C=O) groups is 1. The number of hydrogen-bond donors (Lipinski definition) is 0. The fraction of sp³-hybridized carbons (Fsp3) is 0.267. The highest BCUT2D eigenvalue weighted by Crippen LogP contribution is 2.28. The van der Waals surface area contributed by atoms with E-state index < -0.39 is 0 Å². The fourth-order valence-electron chi connectivity index (χ4n) is 1.69. The monoisotopic (exact) mass is 276 g/mol. The Balaban J connectivity index is 2.32. The van der Waals surface area contributed by atoms with Crippen LogP contribution in [0.15, 0.2) is 35.7 Å². The summed E-state index contributed by atoms with van der Waals surface area (Å²) in [5.41, 5.74) is 0.584. The molecule has 0 saturated heterocycles. The first-order valence-corrected chi connectivity index (χ1v) is 6.92. The summed E-state index contributed by atoms with van der Waals surface area (Å²) in [6.07, 6.45) is 0.0341. The van der Waals surface area contributed by atoms with Gasteiger partial charge in [-0.25, -0.2) is 0 Å². The Bertz CT molecular complexity index is 572. The van der Waals surface area contributed by atoms with Gasteiger partial charge in [-0.1, -0.05) is 12.1 Å². The minimum absolute atomic E-state index is 0.0341. The quantitative estimate of drug-likeness (QED) is 0.780. The van der Waals surface area contributed by atoms with E-state index in [1.807, 2.05) is 37.4 Å². The van der Waals surface area contributed by atoms with E-state index in [1.165, 1.54) is 11.3 Å². The molecule has 1 aromatic carbocycles. The summed E-state index contributed by atoms with van der Waals surface area (Å²) in [4.78, 5) is 13.1.